The number of hydrogen-bond donors (Lipinski definition) is 2. The number of aromatic nitrogens is 2. The molecule has 1 aromatic carbocycles. The van der Waals surface area contributed by atoms with Crippen LogP contribution in [0.4, 0.5) is 11.5 Å². The van der Waals surface area contributed by atoms with Crippen LogP contribution in [-0.4, -0.2) is 29.7 Å². The molecule has 2 aliphatic rings. The molecule has 3 heterocycles. The van der Waals surface area contributed by atoms with Gasteiger partial charge in [-0.2, -0.15) is 0 Å². The van der Waals surface area contributed by atoms with Crippen molar-refractivity contribution < 1.29 is 4.74 Å². The molecule has 0 saturated carbocycles. The van der Waals surface area contributed by atoms with Gasteiger partial charge in [0, 0.05) is 17.8 Å². The third-order valence-electron chi connectivity index (χ3n) is 3.94. The van der Waals surface area contributed by atoms with Crippen molar-refractivity contribution in [1.82, 2.24) is 15.3 Å². The zero-order valence-electron chi connectivity index (χ0n) is 11.6. The zero-order valence-corrected chi connectivity index (χ0v) is 12.4. The van der Waals surface area contributed by atoms with Crippen molar-refractivity contribution in [2.75, 3.05) is 24.6 Å². The summed E-state index contributed by atoms with van der Waals surface area (Å²) in [6.07, 6.45) is 0.962. The lowest BCUT2D eigenvalue weighted by atomic mass is 10.1. The number of benzene rings is 1. The maximum absolute atomic E-state index is 5.73. The predicted molar refractivity (Wildman–Crippen MR) is 83.8 cm³/mol. The largest absolute Gasteiger partial charge is 0.490 e. The highest BCUT2D eigenvalue weighted by molar-refractivity contribution is 7.71. The van der Waals surface area contributed by atoms with Gasteiger partial charge in [-0.3, -0.25) is 0 Å². The highest BCUT2D eigenvalue weighted by Gasteiger charge is 2.25. The number of nitrogens with one attached hydrogen (secondary N) is 2. The third-order valence-corrected chi connectivity index (χ3v) is 4.13. The minimum absolute atomic E-state index is 0.538. The molecule has 4 rings (SSSR count). The Morgan fingerprint density at radius 2 is 2.19 bits per heavy atom. The van der Waals surface area contributed by atoms with E-state index < -0.39 is 0 Å². The number of anilines is 2. The third kappa shape index (κ3) is 2.20. The quantitative estimate of drug-likeness (QED) is 0.792. The Morgan fingerprint density at radius 1 is 1.29 bits per heavy atom. The first-order chi connectivity index (χ1) is 10.3. The van der Waals surface area contributed by atoms with Crippen LogP contribution in [-0.2, 0) is 13.0 Å². The maximum atomic E-state index is 5.73. The number of aromatic amines is 1. The van der Waals surface area contributed by atoms with Crippen LogP contribution in [0, 0.1) is 4.77 Å². The highest BCUT2D eigenvalue weighted by Crippen LogP contribution is 2.37. The second-order valence-electron chi connectivity index (χ2n) is 5.22. The van der Waals surface area contributed by atoms with Crippen molar-refractivity contribution in [3.8, 4) is 5.75 Å². The van der Waals surface area contributed by atoms with Crippen LogP contribution < -0.4 is 15.0 Å². The molecule has 0 bridgehead atoms. The van der Waals surface area contributed by atoms with E-state index in [-0.39, 0.29) is 0 Å². The number of hydrogen-bond acceptors (Lipinski definition) is 5. The molecule has 6 heteroatoms. The zero-order chi connectivity index (χ0) is 14.2. The molecule has 0 atom stereocenters. The first-order valence-corrected chi connectivity index (χ1v) is 7.56. The molecule has 2 aliphatic heterocycles. The average Bonchev–Trinajstić information content (AvgIpc) is 2.53. The molecule has 0 saturated heterocycles. The van der Waals surface area contributed by atoms with E-state index in [4.69, 9.17) is 17.0 Å². The van der Waals surface area contributed by atoms with Gasteiger partial charge >= 0.3 is 0 Å². The van der Waals surface area contributed by atoms with E-state index in [2.05, 4.69) is 26.3 Å². The normalized spacial score (nSPS) is 16.9. The molecule has 0 radical (unpaired) electrons. The number of rotatable bonds is 1. The maximum Gasteiger partial charge on any atom is 0.199 e. The Labute approximate surface area is 128 Å². The van der Waals surface area contributed by atoms with Gasteiger partial charge in [-0.1, -0.05) is 12.1 Å². The van der Waals surface area contributed by atoms with Crippen LogP contribution in [0.5, 0.6) is 5.75 Å². The summed E-state index contributed by atoms with van der Waals surface area (Å²) >= 11 is 5.30. The summed E-state index contributed by atoms with van der Waals surface area (Å²) in [6, 6.07) is 8.09. The van der Waals surface area contributed by atoms with E-state index >= 15 is 0 Å². The minimum atomic E-state index is 0.538. The molecule has 0 unspecified atom stereocenters. The van der Waals surface area contributed by atoms with Crippen molar-refractivity contribution in [2.24, 2.45) is 0 Å². The second kappa shape index (κ2) is 5.13. The second-order valence-corrected chi connectivity index (χ2v) is 5.60. The Balaban J connectivity index is 1.88. The lowest BCUT2D eigenvalue weighted by molar-refractivity contribution is 0.313. The van der Waals surface area contributed by atoms with Gasteiger partial charge in [0.1, 0.15) is 18.2 Å². The van der Waals surface area contributed by atoms with Crippen LogP contribution in [0.15, 0.2) is 24.3 Å². The van der Waals surface area contributed by atoms with E-state index in [1.54, 1.807) is 0 Å². The predicted octanol–water partition coefficient (Wildman–Crippen LogP) is 2.32. The van der Waals surface area contributed by atoms with Crippen molar-refractivity contribution in [2.45, 2.75) is 13.0 Å². The molecule has 108 valence electrons. The molecular formula is C15H16N4OS. The number of fused-ring (bicyclic) bond motifs is 2. The fourth-order valence-corrected chi connectivity index (χ4v) is 3.19. The summed E-state index contributed by atoms with van der Waals surface area (Å²) in [7, 11) is 0. The van der Waals surface area contributed by atoms with E-state index in [1.165, 1.54) is 5.56 Å². The van der Waals surface area contributed by atoms with E-state index in [1.807, 2.05) is 18.2 Å². The molecule has 21 heavy (non-hydrogen) atoms. The molecule has 0 amide bonds. The highest BCUT2D eigenvalue weighted by atomic mass is 32.1. The molecule has 2 N–H and O–H groups in total. The Bertz CT molecular complexity index is 743. The van der Waals surface area contributed by atoms with Gasteiger partial charge < -0.3 is 19.9 Å². The Kier molecular flexibility index (Phi) is 3.12. The van der Waals surface area contributed by atoms with Gasteiger partial charge in [-0.15, -0.1) is 0 Å². The lowest BCUT2D eigenvalue weighted by Gasteiger charge is -2.33. The molecule has 0 spiro atoms. The molecular weight excluding hydrogens is 284 g/mol. The van der Waals surface area contributed by atoms with Gasteiger partial charge in [-0.05, 0) is 37.3 Å². The van der Waals surface area contributed by atoms with Crippen molar-refractivity contribution >= 4 is 23.7 Å². The monoisotopic (exact) mass is 300 g/mol. The molecule has 0 fully saturated rings. The van der Waals surface area contributed by atoms with Gasteiger partial charge in [-0.25, -0.2) is 4.98 Å². The van der Waals surface area contributed by atoms with Crippen molar-refractivity contribution in [3.05, 3.63) is 40.3 Å². The lowest BCUT2D eigenvalue weighted by Crippen LogP contribution is -2.33. The first kappa shape index (κ1) is 12.8. The standard InChI is InChI=1S/C15H16N4OS/c21-15-17-11-9-16-6-5-10(11)14(18-15)19-7-8-20-13-4-2-1-3-12(13)19/h1-4,16H,5-9H2,(H,17,18,21). The van der Waals surface area contributed by atoms with Gasteiger partial charge in [0.2, 0.25) is 0 Å². The summed E-state index contributed by atoms with van der Waals surface area (Å²) in [5, 5.41) is 3.37. The summed E-state index contributed by atoms with van der Waals surface area (Å²) < 4.78 is 6.27. The fourth-order valence-electron chi connectivity index (χ4n) is 2.98. The van der Waals surface area contributed by atoms with Crippen molar-refractivity contribution in [1.29, 1.82) is 0 Å². The number of nitrogens with zero attached hydrogens (tertiary/aromatic N) is 2. The summed E-state index contributed by atoms with van der Waals surface area (Å²) in [6.45, 7) is 3.25. The number of H-pyrrole nitrogens is 1. The Morgan fingerprint density at radius 3 is 3.14 bits per heavy atom. The van der Waals surface area contributed by atoms with Crippen molar-refractivity contribution in [3.63, 3.8) is 0 Å². The summed E-state index contributed by atoms with van der Waals surface area (Å²) in [5.41, 5.74) is 3.48. The smallest absolute Gasteiger partial charge is 0.199 e. The minimum Gasteiger partial charge on any atom is -0.490 e. The topological polar surface area (TPSA) is 53.2 Å². The van der Waals surface area contributed by atoms with Gasteiger partial charge in [0.15, 0.2) is 4.77 Å². The van der Waals surface area contributed by atoms with Gasteiger partial charge in [0.25, 0.3) is 0 Å². The van der Waals surface area contributed by atoms with E-state index in [0.29, 0.717) is 11.4 Å². The first-order valence-electron chi connectivity index (χ1n) is 7.15. The fraction of sp³-hybridized carbons (Fsp3) is 0.333. The van der Waals surface area contributed by atoms with E-state index in [0.717, 1.165) is 49.0 Å². The van der Waals surface area contributed by atoms with Crippen LogP contribution in [0.1, 0.15) is 11.3 Å². The molecule has 1 aromatic heterocycles. The summed E-state index contributed by atoms with van der Waals surface area (Å²) in [5.74, 6) is 1.89. The van der Waals surface area contributed by atoms with Crippen LogP contribution in [0.3, 0.4) is 0 Å². The molecule has 2 aromatic rings. The molecule has 0 aliphatic carbocycles. The van der Waals surface area contributed by atoms with Gasteiger partial charge in [0.05, 0.1) is 12.2 Å². The molecule has 5 nitrogen and oxygen atoms in total. The van der Waals surface area contributed by atoms with E-state index in [9.17, 15) is 0 Å². The van der Waals surface area contributed by atoms with Crippen LogP contribution in [0.25, 0.3) is 0 Å². The average molecular weight is 300 g/mol. The van der Waals surface area contributed by atoms with Crippen LogP contribution >= 0.6 is 12.2 Å². The number of ether oxygens (including phenoxy) is 1. The number of para-hydroxylation sites is 2. The SMILES string of the molecule is S=c1nc(N2CCOc3ccccc32)c2c([nH]1)CNCC2. The summed E-state index contributed by atoms with van der Waals surface area (Å²) in [4.78, 5) is 10.1. The van der Waals surface area contributed by atoms with Crippen LogP contribution in [0.2, 0.25) is 0 Å². The Hall–Kier alpha value is -1.92.